The molecule has 1 rings (SSSR count). The molecule has 0 fully saturated rings. The van der Waals surface area contributed by atoms with E-state index in [1.54, 1.807) is 25.1 Å². The van der Waals surface area contributed by atoms with Crippen LogP contribution in [-0.4, -0.2) is 24.2 Å². The maximum atomic E-state index is 11.3. The zero-order valence-corrected chi connectivity index (χ0v) is 10.6. The van der Waals surface area contributed by atoms with Crippen molar-refractivity contribution in [2.75, 3.05) is 7.11 Å². The molecule has 0 aliphatic heterocycles. The molecule has 0 bridgehead atoms. The first-order valence-corrected chi connectivity index (χ1v) is 6.17. The molecule has 0 saturated heterocycles. The summed E-state index contributed by atoms with van der Waals surface area (Å²) in [5.41, 5.74) is 6.64. The predicted octanol–water partition coefficient (Wildman–Crippen LogP) is 1.58. The number of rotatable bonds is 5. The van der Waals surface area contributed by atoms with Crippen LogP contribution in [0.4, 0.5) is 0 Å². The maximum absolute atomic E-state index is 11.3. The van der Waals surface area contributed by atoms with Crippen LogP contribution in [0.25, 0.3) is 0 Å². The molecule has 0 aliphatic rings. The molecule has 1 aromatic carbocycles. The summed E-state index contributed by atoms with van der Waals surface area (Å²) in [5, 5.41) is -0.239. The summed E-state index contributed by atoms with van der Waals surface area (Å²) in [4.78, 5) is 22.2. The Balaban J connectivity index is 2.66. The van der Waals surface area contributed by atoms with Gasteiger partial charge in [-0.1, -0.05) is 12.1 Å². The number of carbonyl (C=O) groups excluding carboxylic acids is 2. The maximum Gasteiger partial charge on any atom is 0.337 e. The molecule has 0 radical (unpaired) electrons. The van der Waals surface area contributed by atoms with Crippen molar-refractivity contribution < 1.29 is 14.3 Å². The number of thioether (sulfide) groups is 1. The van der Waals surface area contributed by atoms with E-state index in [1.165, 1.54) is 18.9 Å². The van der Waals surface area contributed by atoms with Crippen molar-refractivity contribution in [1.82, 2.24) is 0 Å². The summed E-state index contributed by atoms with van der Waals surface area (Å²) in [6.07, 6.45) is 0. The van der Waals surface area contributed by atoms with Crippen LogP contribution in [0.15, 0.2) is 24.3 Å². The van der Waals surface area contributed by atoms with E-state index in [2.05, 4.69) is 4.74 Å². The van der Waals surface area contributed by atoms with Crippen molar-refractivity contribution in [2.45, 2.75) is 17.9 Å². The summed E-state index contributed by atoms with van der Waals surface area (Å²) in [7, 11) is 1.35. The molecule has 1 atom stereocenters. The van der Waals surface area contributed by atoms with Crippen molar-refractivity contribution >= 4 is 23.6 Å². The van der Waals surface area contributed by atoms with Crippen molar-refractivity contribution in [3.05, 3.63) is 35.4 Å². The van der Waals surface area contributed by atoms with Gasteiger partial charge in [-0.3, -0.25) is 4.79 Å². The Kier molecular flexibility index (Phi) is 5.03. The fourth-order valence-electron chi connectivity index (χ4n) is 1.21. The number of carbonyl (C=O) groups is 2. The van der Waals surface area contributed by atoms with Gasteiger partial charge >= 0.3 is 5.97 Å². The van der Waals surface area contributed by atoms with E-state index in [1.807, 2.05) is 6.07 Å². The number of esters is 1. The summed E-state index contributed by atoms with van der Waals surface area (Å²) in [6.45, 7) is 1.76. The van der Waals surface area contributed by atoms with Crippen LogP contribution in [0.5, 0.6) is 0 Å². The van der Waals surface area contributed by atoms with Gasteiger partial charge in [-0.05, 0) is 24.6 Å². The molecule has 0 aliphatic carbocycles. The van der Waals surface area contributed by atoms with Gasteiger partial charge in [0.05, 0.1) is 17.9 Å². The quantitative estimate of drug-likeness (QED) is 0.809. The Hall–Kier alpha value is -1.49. The van der Waals surface area contributed by atoms with E-state index in [4.69, 9.17) is 5.73 Å². The standard InChI is InChI=1S/C12H15NO3S/c1-8(11(13)14)17-7-9-4-3-5-10(6-9)12(15)16-2/h3-6,8H,7H2,1-2H3,(H2,13,14). The molecule has 5 heteroatoms. The number of ether oxygens (including phenoxy) is 1. The van der Waals surface area contributed by atoms with Gasteiger partial charge < -0.3 is 10.5 Å². The van der Waals surface area contributed by atoms with E-state index in [9.17, 15) is 9.59 Å². The van der Waals surface area contributed by atoms with Gasteiger partial charge in [-0.15, -0.1) is 11.8 Å². The van der Waals surface area contributed by atoms with Crippen LogP contribution in [0.3, 0.4) is 0 Å². The zero-order valence-electron chi connectivity index (χ0n) is 9.80. The van der Waals surface area contributed by atoms with Crippen LogP contribution < -0.4 is 5.73 Å². The fourth-order valence-corrected chi connectivity index (χ4v) is 2.00. The second-order valence-corrected chi connectivity index (χ2v) is 4.88. The van der Waals surface area contributed by atoms with E-state index in [-0.39, 0.29) is 17.1 Å². The van der Waals surface area contributed by atoms with E-state index >= 15 is 0 Å². The van der Waals surface area contributed by atoms with E-state index < -0.39 is 0 Å². The highest BCUT2D eigenvalue weighted by Crippen LogP contribution is 2.18. The molecule has 1 unspecified atom stereocenters. The summed E-state index contributed by atoms with van der Waals surface area (Å²) in [6, 6.07) is 7.13. The molecule has 1 aromatic rings. The third kappa shape index (κ3) is 4.11. The Bertz CT molecular complexity index is 420. The average molecular weight is 253 g/mol. The first-order chi connectivity index (χ1) is 8.04. The van der Waals surface area contributed by atoms with Gasteiger partial charge in [0.15, 0.2) is 0 Å². The molecule has 0 saturated carbocycles. The molecule has 0 spiro atoms. The number of primary amides is 1. The summed E-state index contributed by atoms with van der Waals surface area (Å²) < 4.78 is 4.64. The minimum Gasteiger partial charge on any atom is -0.465 e. The van der Waals surface area contributed by atoms with Gasteiger partial charge in [0.2, 0.25) is 5.91 Å². The van der Waals surface area contributed by atoms with Crippen LogP contribution in [0, 0.1) is 0 Å². The highest BCUT2D eigenvalue weighted by Gasteiger charge is 2.10. The van der Waals surface area contributed by atoms with E-state index in [0.29, 0.717) is 11.3 Å². The van der Waals surface area contributed by atoms with E-state index in [0.717, 1.165) is 5.56 Å². The highest BCUT2D eigenvalue weighted by molar-refractivity contribution is 7.99. The molecule has 2 N–H and O–H groups in total. The Morgan fingerprint density at radius 3 is 2.76 bits per heavy atom. The molecular weight excluding hydrogens is 238 g/mol. The Labute approximate surface area is 105 Å². The van der Waals surface area contributed by atoms with Crippen LogP contribution in [0.2, 0.25) is 0 Å². The molecule has 0 heterocycles. The van der Waals surface area contributed by atoms with Crippen LogP contribution in [-0.2, 0) is 15.3 Å². The van der Waals surface area contributed by atoms with Crippen molar-refractivity contribution in [3.8, 4) is 0 Å². The van der Waals surface area contributed by atoms with Crippen LogP contribution >= 0.6 is 11.8 Å². The third-order valence-corrected chi connectivity index (χ3v) is 3.48. The smallest absolute Gasteiger partial charge is 0.337 e. The van der Waals surface area contributed by atoms with Gasteiger partial charge in [0, 0.05) is 5.75 Å². The largest absolute Gasteiger partial charge is 0.465 e. The topological polar surface area (TPSA) is 69.4 Å². The SMILES string of the molecule is COC(=O)c1cccc(CSC(C)C(N)=O)c1. The number of methoxy groups -OCH3 is 1. The zero-order chi connectivity index (χ0) is 12.8. The van der Waals surface area contributed by atoms with Gasteiger partial charge in [0.25, 0.3) is 0 Å². The third-order valence-electron chi connectivity index (χ3n) is 2.25. The first-order valence-electron chi connectivity index (χ1n) is 5.12. The number of benzene rings is 1. The van der Waals surface area contributed by atoms with Crippen LogP contribution in [0.1, 0.15) is 22.8 Å². The lowest BCUT2D eigenvalue weighted by molar-refractivity contribution is -0.117. The Morgan fingerprint density at radius 1 is 1.47 bits per heavy atom. The molecule has 4 nitrogen and oxygen atoms in total. The molecule has 1 amide bonds. The fraction of sp³-hybridized carbons (Fsp3) is 0.333. The van der Waals surface area contributed by atoms with Crippen molar-refractivity contribution in [2.24, 2.45) is 5.73 Å². The minimum atomic E-state index is -0.361. The van der Waals surface area contributed by atoms with Crippen molar-refractivity contribution in [3.63, 3.8) is 0 Å². The summed E-state index contributed by atoms with van der Waals surface area (Å²) >= 11 is 1.44. The molecule has 17 heavy (non-hydrogen) atoms. The lowest BCUT2D eigenvalue weighted by Gasteiger charge is -2.07. The lowest BCUT2D eigenvalue weighted by atomic mass is 10.1. The normalized spacial score (nSPS) is 11.9. The lowest BCUT2D eigenvalue weighted by Crippen LogP contribution is -2.22. The first kappa shape index (κ1) is 13.6. The summed E-state index contributed by atoms with van der Waals surface area (Å²) in [5.74, 6) is -0.0616. The monoisotopic (exact) mass is 253 g/mol. The van der Waals surface area contributed by atoms with Gasteiger partial charge in [0.1, 0.15) is 0 Å². The van der Waals surface area contributed by atoms with Gasteiger partial charge in [-0.2, -0.15) is 0 Å². The van der Waals surface area contributed by atoms with Crippen molar-refractivity contribution in [1.29, 1.82) is 0 Å². The molecule has 0 aromatic heterocycles. The molecular formula is C12H15NO3S. The average Bonchev–Trinajstić information content (AvgIpc) is 2.35. The predicted molar refractivity (Wildman–Crippen MR) is 67.7 cm³/mol. The minimum absolute atomic E-state index is 0.239. The second-order valence-electron chi connectivity index (χ2n) is 3.55. The van der Waals surface area contributed by atoms with Gasteiger partial charge in [-0.25, -0.2) is 4.79 Å². The second kappa shape index (κ2) is 6.30. The number of hydrogen-bond acceptors (Lipinski definition) is 4. The highest BCUT2D eigenvalue weighted by atomic mass is 32.2. The number of amides is 1. The Morgan fingerprint density at radius 2 is 2.18 bits per heavy atom. The number of nitrogens with two attached hydrogens (primary N) is 1. The number of hydrogen-bond donors (Lipinski definition) is 1. The molecule has 92 valence electrons.